The summed E-state index contributed by atoms with van der Waals surface area (Å²) in [6.07, 6.45) is 42.2. The molecule has 0 saturated carbocycles. The van der Waals surface area contributed by atoms with E-state index in [1.807, 2.05) is 21.1 Å². The molecular formula is C46H87N2O5+. The summed E-state index contributed by atoms with van der Waals surface area (Å²) in [7, 11) is 5.81. The van der Waals surface area contributed by atoms with Crippen molar-refractivity contribution < 1.29 is 29.1 Å². The van der Waals surface area contributed by atoms with Crippen molar-refractivity contribution in [1.29, 1.82) is 0 Å². The van der Waals surface area contributed by atoms with Crippen molar-refractivity contribution in [3.05, 3.63) is 24.3 Å². The lowest BCUT2D eigenvalue weighted by Crippen LogP contribution is -2.60. The number of amides is 1. The summed E-state index contributed by atoms with van der Waals surface area (Å²) in [5, 5.41) is 20.3. The average Bonchev–Trinajstić information content (AvgIpc) is 3.10. The molecule has 1 amide bonds. The monoisotopic (exact) mass is 748 g/mol. The van der Waals surface area contributed by atoms with Crippen molar-refractivity contribution in [2.45, 2.75) is 218 Å². The van der Waals surface area contributed by atoms with Gasteiger partial charge in [0.2, 0.25) is 0 Å². The van der Waals surface area contributed by atoms with E-state index >= 15 is 0 Å². The molecule has 1 atom stereocenters. The van der Waals surface area contributed by atoms with Gasteiger partial charge < -0.3 is 19.6 Å². The molecule has 0 aromatic rings. The first-order chi connectivity index (χ1) is 25.5. The van der Waals surface area contributed by atoms with Crippen LogP contribution in [0, 0.1) is 0 Å². The molecule has 0 aromatic carbocycles. The molecule has 0 aliphatic rings. The smallest absolute Gasteiger partial charge is 0.329 e. The van der Waals surface area contributed by atoms with E-state index in [2.05, 4.69) is 38.2 Å². The molecule has 7 heteroatoms. The van der Waals surface area contributed by atoms with Crippen LogP contribution < -0.4 is 0 Å². The summed E-state index contributed by atoms with van der Waals surface area (Å²) in [6.45, 7) is 5.05. The standard InChI is InChI=1S/C46H86N2O5/c1-6-8-10-12-14-16-18-20-22-24-26-28-30-32-34-36-39-46(45(52)53,40-38-44(50)51)47(43(49)42-48(3,4)5)41-37-35-33-31-29-27-25-23-21-19-17-15-13-11-9-7-2/h20-23H,6-19,24-42H2,1-5H3,(H-,50,51,52,53)/p+1/t46-/m1/s1. The molecule has 0 spiro atoms. The Balaban J connectivity index is 4.89. The largest absolute Gasteiger partial charge is 0.481 e. The first kappa shape index (κ1) is 50.9. The number of quaternary nitrogens is 1. The number of carboxylic acids is 2. The molecule has 0 unspecified atom stereocenters. The maximum atomic E-state index is 13.8. The Morgan fingerprint density at radius 2 is 0.868 bits per heavy atom. The Bertz CT molecular complexity index is 956. The summed E-state index contributed by atoms with van der Waals surface area (Å²) in [4.78, 5) is 40.2. The molecule has 7 nitrogen and oxygen atoms in total. The number of rotatable bonds is 39. The van der Waals surface area contributed by atoms with E-state index in [1.165, 1.54) is 109 Å². The Kier molecular flexibility index (Phi) is 33.0. The molecule has 0 rings (SSSR count). The van der Waals surface area contributed by atoms with Gasteiger partial charge in [0.15, 0.2) is 6.54 Å². The molecule has 310 valence electrons. The highest BCUT2D eigenvalue weighted by atomic mass is 16.4. The fourth-order valence-electron chi connectivity index (χ4n) is 7.29. The average molecular weight is 748 g/mol. The predicted octanol–water partition coefficient (Wildman–Crippen LogP) is 12.7. The number of nitrogens with zero attached hydrogens (tertiary/aromatic N) is 2. The van der Waals surface area contributed by atoms with E-state index in [0.29, 0.717) is 23.9 Å². The molecule has 0 bridgehead atoms. The number of aliphatic carboxylic acids is 2. The third-order valence-electron chi connectivity index (χ3n) is 10.6. The molecule has 0 saturated heterocycles. The quantitative estimate of drug-likeness (QED) is 0.0371. The minimum Gasteiger partial charge on any atom is -0.481 e. The zero-order valence-corrected chi connectivity index (χ0v) is 35.7. The lowest BCUT2D eigenvalue weighted by atomic mass is 9.84. The van der Waals surface area contributed by atoms with Crippen LogP contribution in [0.1, 0.15) is 213 Å². The molecular weight excluding hydrogens is 661 g/mol. The number of hydrogen-bond donors (Lipinski definition) is 2. The minimum atomic E-state index is -1.49. The van der Waals surface area contributed by atoms with Gasteiger partial charge in [-0.15, -0.1) is 0 Å². The zero-order chi connectivity index (χ0) is 39.5. The van der Waals surface area contributed by atoms with Crippen LogP contribution in [-0.4, -0.2) is 77.2 Å². The number of carbonyl (C=O) groups excluding carboxylic acids is 1. The van der Waals surface area contributed by atoms with Gasteiger partial charge in [0.1, 0.15) is 5.54 Å². The highest BCUT2D eigenvalue weighted by Gasteiger charge is 2.46. The highest BCUT2D eigenvalue weighted by Crippen LogP contribution is 2.31. The second-order valence-electron chi connectivity index (χ2n) is 16.8. The third-order valence-corrected chi connectivity index (χ3v) is 10.6. The SMILES string of the molecule is CCCCCCCCC=CCCCCCCCCN(C(=O)C[N+](C)(C)C)[C@](CCCCCCCCC=CCCCCCCCC)(CCC(=O)O)C(=O)O. The van der Waals surface area contributed by atoms with Crippen molar-refractivity contribution in [1.82, 2.24) is 4.90 Å². The van der Waals surface area contributed by atoms with Crippen molar-refractivity contribution in [2.75, 3.05) is 34.2 Å². The third kappa shape index (κ3) is 29.8. The summed E-state index contributed by atoms with van der Waals surface area (Å²) >= 11 is 0. The number of allylic oxidation sites excluding steroid dienone is 4. The van der Waals surface area contributed by atoms with Gasteiger partial charge in [-0.3, -0.25) is 9.59 Å². The Labute approximate surface area is 328 Å². The van der Waals surface area contributed by atoms with Crippen LogP contribution in [0.5, 0.6) is 0 Å². The number of carboxylic acid groups (broad SMARTS) is 2. The van der Waals surface area contributed by atoms with Crippen molar-refractivity contribution in [3.8, 4) is 0 Å². The van der Waals surface area contributed by atoms with Gasteiger partial charge in [-0.2, -0.15) is 0 Å². The van der Waals surface area contributed by atoms with E-state index in [1.54, 1.807) is 4.90 Å². The van der Waals surface area contributed by atoms with Gasteiger partial charge in [0.25, 0.3) is 5.91 Å². The minimum absolute atomic E-state index is 0.0575. The van der Waals surface area contributed by atoms with Gasteiger partial charge in [0, 0.05) is 13.0 Å². The van der Waals surface area contributed by atoms with Crippen LogP contribution >= 0.6 is 0 Å². The summed E-state index contributed by atoms with van der Waals surface area (Å²) < 4.78 is 0.394. The number of unbranched alkanes of at least 4 members (excludes halogenated alkanes) is 24. The maximum Gasteiger partial charge on any atom is 0.329 e. The molecule has 2 N–H and O–H groups in total. The van der Waals surface area contributed by atoms with Crippen LogP contribution in [0.25, 0.3) is 0 Å². The fraction of sp³-hybridized carbons (Fsp3) is 0.848. The van der Waals surface area contributed by atoms with E-state index in [4.69, 9.17) is 0 Å². The number of carbonyl (C=O) groups is 3. The van der Waals surface area contributed by atoms with Crippen molar-refractivity contribution >= 4 is 17.8 Å². The molecule has 53 heavy (non-hydrogen) atoms. The molecule has 0 fully saturated rings. The van der Waals surface area contributed by atoms with E-state index in [0.717, 1.165) is 64.2 Å². The maximum absolute atomic E-state index is 13.8. The molecule has 0 aliphatic heterocycles. The van der Waals surface area contributed by atoms with Crippen LogP contribution in [0.4, 0.5) is 0 Å². The molecule has 0 aliphatic carbocycles. The first-order valence-electron chi connectivity index (χ1n) is 22.4. The summed E-state index contributed by atoms with van der Waals surface area (Å²) in [5.74, 6) is -2.28. The van der Waals surface area contributed by atoms with E-state index in [9.17, 15) is 24.6 Å². The number of likely N-dealkylation sites (N-methyl/N-ethyl adjacent to an activating group) is 1. The first-order valence-corrected chi connectivity index (χ1v) is 22.4. The Morgan fingerprint density at radius 1 is 0.509 bits per heavy atom. The Morgan fingerprint density at radius 3 is 1.23 bits per heavy atom. The van der Waals surface area contributed by atoms with Gasteiger partial charge in [-0.1, -0.05) is 160 Å². The van der Waals surface area contributed by atoms with Gasteiger partial charge in [0.05, 0.1) is 21.1 Å². The fourth-order valence-corrected chi connectivity index (χ4v) is 7.29. The highest BCUT2D eigenvalue weighted by molar-refractivity contribution is 5.88. The van der Waals surface area contributed by atoms with E-state index in [-0.39, 0.29) is 25.3 Å². The molecule has 0 heterocycles. The molecule has 0 aromatic heterocycles. The normalized spacial score (nSPS) is 13.2. The summed E-state index contributed by atoms with van der Waals surface area (Å²) in [5.41, 5.74) is -1.49. The zero-order valence-electron chi connectivity index (χ0n) is 35.7. The van der Waals surface area contributed by atoms with Crippen LogP contribution in [0.15, 0.2) is 24.3 Å². The van der Waals surface area contributed by atoms with Gasteiger partial charge in [-0.05, 0) is 70.6 Å². The predicted molar refractivity (Wildman–Crippen MR) is 225 cm³/mol. The topological polar surface area (TPSA) is 94.9 Å². The lowest BCUT2D eigenvalue weighted by molar-refractivity contribution is -0.862. The second-order valence-corrected chi connectivity index (χ2v) is 16.8. The van der Waals surface area contributed by atoms with Crippen molar-refractivity contribution in [3.63, 3.8) is 0 Å². The van der Waals surface area contributed by atoms with Crippen molar-refractivity contribution in [2.24, 2.45) is 0 Å². The van der Waals surface area contributed by atoms with E-state index < -0.39 is 17.5 Å². The second kappa shape index (κ2) is 34.3. The molecule has 0 radical (unpaired) electrons. The Hall–Kier alpha value is -2.15. The van der Waals surface area contributed by atoms with Crippen LogP contribution in [0.2, 0.25) is 0 Å². The van der Waals surface area contributed by atoms with Crippen LogP contribution in [-0.2, 0) is 14.4 Å². The van der Waals surface area contributed by atoms with Crippen LogP contribution in [0.3, 0.4) is 0 Å². The lowest BCUT2D eigenvalue weighted by Gasteiger charge is -2.42. The van der Waals surface area contributed by atoms with Gasteiger partial charge in [-0.25, -0.2) is 4.79 Å². The van der Waals surface area contributed by atoms with Gasteiger partial charge >= 0.3 is 11.9 Å². The number of hydrogen-bond acceptors (Lipinski definition) is 3. The summed E-state index contributed by atoms with van der Waals surface area (Å²) in [6, 6.07) is 0.